The minimum absolute atomic E-state index is 0.0168. The first-order valence-corrected chi connectivity index (χ1v) is 15.9. The van der Waals surface area contributed by atoms with Gasteiger partial charge >= 0.3 is 18.1 Å². The van der Waals surface area contributed by atoms with Crippen LogP contribution in [-0.2, 0) is 19.1 Å². The Hall–Kier alpha value is -4.11. The second-order valence-electron chi connectivity index (χ2n) is 13.2. The monoisotopic (exact) mass is 693 g/mol. The van der Waals surface area contributed by atoms with Crippen molar-refractivity contribution in [3.05, 3.63) is 52.8 Å². The molecule has 1 aromatic carbocycles. The Balaban J connectivity index is 1.23. The molecule has 12 nitrogen and oxygen atoms in total. The number of aromatic nitrogens is 4. The normalized spacial score (nSPS) is 18.5. The van der Waals surface area contributed by atoms with Gasteiger partial charge in [0.1, 0.15) is 25.1 Å². The lowest BCUT2D eigenvalue weighted by Gasteiger charge is -2.39. The fourth-order valence-electron chi connectivity index (χ4n) is 5.83. The van der Waals surface area contributed by atoms with Crippen LogP contribution in [-0.4, -0.2) is 76.8 Å². The number of benzene rings is 1. The van der Waals surface area contributed by atoms with Gasteiger partial charge in [0.25, 0.3) is 0 Å². The average molecular weight is 694 g/mol. The Labute approximate surface area is 281 Å². The zero-order chi connectivity index (χ0) is 34.9. The van der Waals surface area contributed by atoms with E-state index in [1.807, 2.05) is 4.90 Å². The minimum atomic E-state index is -4.83. The van der Waals surface area contributed by atoms with Crippen LogP contribution in [0.25, 0.3) is 5.69 Å². The predicted octanol–water partition coefficient (Wildman–Crippen LogP) is 4.97. The fourth-order valence-corrected chi connectivity index (χ4v) is 6.00. The summed E-state index contributed by atoms with van der Waals surface area (Å²) in [4.78, 5) is 34.7. The summed E-state index contributed by atoms with van der Waals surface area (Å²) in [5.41, 5.74) is 5.66. The minimum Gasteiger partial charge on any atom is -0.462 e. The maximum absolute atomic E-state index is 14.5. The van der Waals surface area contributed by atoms with Crippen molar-refractivity contribution in [2.75, 3.05) is 43.5 Å². The van der Waals surface area contributed by atoms with Gasteiger partial charge in [-0.05, 0) is 70.6 Å². The van der Waals surface area contributed by atoms with Crippen LogP contribution in [0, 0.1) is 17.8 Å². The maximum Gasteiger partial charge on any atom is 0.429 e. The number of alkyl halides is 3. The number of nitrogens with zero attached hydrogens (tertiary/aromatic N) is 5. The molecule has 2 aliphatic heterocycles. The maximum atomic E-state index is 14.5. The number of aryl methyl sites for hydroxylation is 1. The highest BCUT2D eigenvalue weighted by molar-refractivity contribution is 6.30. The van der Waals surface area contributed by atoms with Gasteiger partial charge in [0.2, 0.25) is 17.9 Å². The van der Waals surface area contributed by atoms with Gasteiger partial charge in [0.05, 0.1) is 16.8 Å². The number of anilines is 2. The van der Waals surface area contributed by atoms with E-state index in [-0.39, 0.29) is 52.7 Å². The lowest BCUT2D eigenvalue weighted by Crippen LogP contribution is -2.41. The van der Waals surface area contributed by atoms with Crippen molar-refractivity contribution in [3.8, 4) is 11.6 Å². The van der Waals surface area contributed by atoms with Gasteiger partial charge in [-0.3, -0.25) is 9.59 Å². The van der Waals surface area contributed by atoms with Gasteiger partial charge in [-0.25, -0.2) is 4.68 Å². The fraction of sp³-hybridized carbons (Fsp3) is 0.531. The standard InChI is InChI=1S/C32H39ClF3N7O5/c1-19-7-10-43(41-19)23-15-20(33)5-6-21(23)26(32(34,35)36)48-25-16-24(39-29(37)40-25)42-11-8-31(9-12-42)17-22(38-18-31)27(44)46-13-14-47-28(45)30(2,3)4/h5-7,10,15-16,22,26,38H,8-9,11-14,17-18H2,1-4H3,(H2,37,39,40)/t22?,26-/m1/s1. The van der Waals surface area contributed by atoms with Gasteiger partial charge in [-0.1, -0.05) is 17.7 Å². The number of hydrogen-bond acceptors (Lipinski definition) is 11. The van der Waals surface area contributed by atoms with E-state index in [0.29, 0.717) is 50.4 Å². The van der Waals surface area contributed by atoms with Crippen molar-refractivity contribution >= 4 is 35.3 Å². The summed E-state index contributed by atoms with van der Waals surface area (Å²) >= 11 is 6.15. The molecule has 1 spiro atoms. The van der Waals surface area contributed by atoms with Gasteiger partial charge in [-0.15, -0.1) is 0 Å². The number of nitrogen functional groups attached to an aromatic ring is 1. The first kappa shape index (κ1) is 35.2. The van der Waals surface area contributed by atoms with Crippen molar-refractivity contribution in [1.29, 1.82) is 0 Å². The Bertz CT molecular complexity index is 1640. The number of piperidine rings is 1. The highest BCUT2D eigenvalue weighted by Crippen LogP contribution is 2.42. The van der Waals surface area contributed by atoms with Crippen LogP contribution in [0.1, 0.15) is 57.4 Å². The van der Waals surface area contributed by atoms with Gasteiger partial charge in [-0.2, -0.15) is 28.2 Å². The predicted molar refractivity (Wildman–Crippen MR) is 171 cm³/mol. The summed E-state index contributed by atoms with van der Waals surface area (Å²) in [7, 11) is 0. The number of carbonyl (C=O) groups excluding carboxylic acids is 2. The van der Waals surface area contributed by atoms with E-state index in [1.54, 1.807) is 40.0 Å². The SMILES string of the molecule is Cc1ccn(-c2cc(Cl)ccc2[C@@H](Oc2cc(N3CCC4(CC3)CNC(C(=O)OCCOC(=O)C(C)(C)C)C4)nc(N)n2)C(F)(F)F)n1. The van der Waals surface area contributed by atoms with Gasteiger partial charge in [0.15, 0.2) is 0 Å². The summed E-state index contributed by atoms with van der Waals surface area (Å²) in [6.45, 7) is 8.54. The second-order valence-corrected chi connectivity index (χ2v) is 13.7. The molecule has 48 heavy (non-hydrogen) atoms. The molecule has 2 fully saturated rings. The Kier molecular flexibility index (Phi) is 10.1. The number of carbonyl (C=O) groups is 2. The quantitative estimate of drug-likeness (QED) is 0.231. The number of nitrogens with one attached hydrogen (secondary N) is 1. The lowest BCUT2D eigenvalue weighted by molar-refractivity contribution is -0.198. The number of rotatable bonds is 9. The lowest BCUT2D eigenvalue weighted by atomic mass is 9.76. The molecular formula is C32H39ClF3N7O5. The van der Waals surface area contributed by atoms with Crippen LogP contribution in [0.15, 0.2) is 36.5 Å². The van der Waals surface area contributed by atoms with Crippen molar-refractivity contribution in [3.63, 3.8) is 0 Å². The van der Waals surface area contributed by atoms with Crippen LogP contribution >= 0.6 is 11.6 Å². The highest BCUT2D eigenvalue weighted by atomic mass is 35.5. The third-order valence-corrected chi connectivity index (χ3v) is 8.69. The van der Waals surface area contributed by atoms with E-state index in [1.165, 1.54) is 28.9 Å². The van der Waals surface area contributed by atoms with Crippen molar-refractivity contribution in [2.45, 2.75) is 65.3 Å². The third kappa shape index (κ3) is 8.29. The largest absolute Gasteiger partial charge is 0.462 e. The summed E-state index contributed by atoms with van der Waals surface area (Å²) < 4.78 is 61.0. The Morgan fingerprint density at radius 3 is 2.46 bits per heavy atom. The molecule has 16 heteroatoms. The molecule has 0 radical (unpaired) electrons. The molecule has 0 saturated carbocycles. The molecule has 260 valence electrons. The average Bonchev–Trinajstić information content (AvgIpc) is 3.63. The molecule has 1 unspecified atom stereocenters. The second kappa shape index (κ2) is 13.8. The first-order chi connectivity index (χ1) is 22.5. The molecule has 4 heterocycles. The summed E-state index contributed by atoms with van der Waals surface area (Å²) in [6, 6.07) is 6.52. The van der Waals surface area contributed by atoms with E-state index >= 15 is 0 Å². The third-order valence-electron chi connectivity index (χ3n) is 8.45. The van der Waals surface area contributed by atoms with Crippen molar-refractivity contribution in [2.24, 2.45) is 10.8 Å². The van der Waals surface area contributed by atoms with E-state index in [2.05, 4.69) is 20.4 Å². The van der Waals surface area contributed by atoms with Crippen molar-refractivity contribution < 1.29 is 37.0 Å². The van der Waals surface area contributed by atoms with E-state index in [4.69, 9.17) is 31.5 Å². The van der Waals surface area contributed by atoms with E-state index in [9.17, 15) is 22.8 Å². The smallest absolute Gasteiger partial charge is 0.429 e. The van der Waals surface area contributed by atoms with Crippen LogP contribution in [0.2, 0.25) is 5.02 Å². The summed E-state index contributed by atoms with van der Waals surface area (Å²) in [5, 5.41) is 7.74. The zero-order valence-corrected chi connectivity index (χ0v) is 27.9. The summed E-state index contributed by atoms with van der Waals surface area (Å²) in [5.74, 6) is -1.02. The Morgan fingerprint density at radius 2 is 1.81 bits per heavy atom. The molecule has 0 bridgehead atoms. The van der Waals surface area contributed by atoms with E-state index in [0.717, 1.165) is 0 Å². The molecule has 0 aliphatic carbocycles. The first-order valence-electron chi connectivity index (χ1n) is 15.6. The molecule has 2 atom stereocenters. The molecule has 2 aromatic heterocycles. The molecular weight excluding hydrogens is 655 g/mol. The van der Waals surface area contributed by atoms with Gasteiger partial charge in [0, 0.05) is 42.5 Å². The number of ether oxygens (including phenoxy) is 3. The highest BCUT2D eigenvalue weighted by Gasteiger charge is 2.46. The number of halogens is 4. The molecule has 2 aliphatic rings. The summed E-state index contributed by atoms with van der Waals surface area (Å²) in [6.07, 6.45) is -3.75. The molecule has 3 N–H and O–H groups in total. The van der Waals surface area contributed by atoms with E-state index < -0.39 is 29.7 Å². The molecule has 0 amide bonds. The molecule has 5 rings (SSSR count). The number of hydrogen-bond donors (Lipinski definition) is 2. The van der Waals surface area contributed by atoms with Crippen LogP contribution < -0.4 is 20.7 Å². The van der Waals surface area contributed by atoms with Gasteiger partial charge < -0.3 is 30.2 Å². The number of esters is 2. The van der Waals surface area contributed by atoms with Crippen LogP contribution in [0.5, 0.6) is 5.88 Å². The molecule has 3 aromatic rings. The molecule has 2 saturated heterocycles. The van der Waals surface area contributed by atoms with Crippen LogP contribution in [0.4, 0.5) is 24.9 Å². The zero-order valence-electron chi connectivity index (χ0n) is 27.1. The van der Waals surface area contributed by atoms with Crippen molar-refractivity contribution in [1.82, 2.24) is 25.1 Å². The number of nitrogens with two attached hydrogens (primary N) is 1. The topological polar surface area (TPSA) is 147 Å². The Morgan fingerprint density at radius 1 is 1.10 bits per heavy atom. The van der Waals surface area contributed by atoms with Crippen LogP contribution in [0.3, 0.4) is 0 Å².